The van der Waals surface area contributed by atoms with Gasteiger partial charge in [-0.25, -0.2) is 0 Å². The zero-order chi connectivity index (χ0) is 9.56. The normalized spacial score (nSPS) is 13.1. The fourth-order valence-electron chi connectivity index (χ4n) is 0.292. The molecule has 2 amide bonds. The number of nitrogens with zero attached hydrogens (tertiary/aromatic N) is 2. The molecule has 0 saturated carbocycles. The second-order valence-electron chi connectivity index (χ2n) is 2.45. The molecule has 0 aromatic carbocycles. The molecule has 0 bridgehead atoms. The number of rotatable bonds is 0. The molecule has 0 aromatic heterocycles. The summed E-state index contributed by atoms with van der Waals surface area (Å²) in [4.78, 5) is 25.2. The van der Waals surface area contributed by atoms with Gasteiger partial charge in [0, 0.05) is 21.0 Å². The van der Waals surface area contributed by atoms with Gasteiger partial charge < -0.3 is 10.2 Å². The van der Waals surface area contributed by atoms with E-state index in [1.165, 1.54) is 18.2 Å². The van der Waals surface area contributed by atoms with Crippen LogP contribution in [0.15, 0.2) is 4.99 Å². The van der Waals surface area contributed by atoms with E-state index in [1.807, 2.05) is 0 Å². The first kappa shape index (κ1) is 10.6. The van der Waals surface area contributed by atoms with Crippen molar-refractivity contribution >= 4 is 18.2 Å². The Balaban J connectivity index is 0.000000202. The van der Waals surface area contributed by atoms with Crippen molar-refractivity contribution in [1.29, 1.82) is 0 Å². The first-order chi connectivity index (χ1) is 5.54. The first-order valence-electron chi connectivity index (χ1n) is 3.49. The number of amides is 2. The molecule has 1 rings (SSSR count). The molecule has 5 nitrogen and oxygen atoms in total. The summed E-state index contributed by atoms with van der Waals surface area (Å²) >= 11 is 0. The highest BCUT2D eigenvalue weighted by molar-refractivity contribution is 5.93. The van der Waals surface area contributed by atoms with Gasteiger partial charge in [0.15, 0.2) is 0 Å². The maximum Gasteiger partial charge on any atom is 0.246 e. The van der Waals surface area contributed by atoms with Gasteiger partial charge in [-0.2, -0.15) is 0 Å². The summed E-state index contributed by atoms with van der Waals surface area (Å²) < 4.78 is 0. The minimum Gasteiger partial charge on any atom is -0.349 e. The van der Waals surface area contributed by atoms with Crippen molar-refractivity contribution in [3.8, 4) is 0 Å². The zero-order valence-corrected chi connectivity index (χ0v) is 7.50. The molecule has 0 aromatic rings. The molecule has 0 atom stereocenters. The fourth-order valence-corrected chi connectivity index (χ4v) is 0.292. The molecule has 0 spiro atoms. The largest absolute Gasteiger partial charge is 0.349 e. The summed E-state index contributed by atoms with van der Waals surface area (Å²) in [6.45, 7) is 1.83. The van der Waals surface area contributed by atoms with Gasteiger partial charge in [-0.05, 0) is 0 Å². The van der Waals surface area contributed by atoms with Crippen LogP contribution in [0.3, 0.4) is 0 Å². The highest BCUT2D eigenvalue weighted by Crippen LogP contribution is 1.73. The second-order valence-corrected chi connectivity index (χ2v) is 2.45. The predicted octanol–water partition coefficient (Wildman–Crippen LogP) is -0.761. The molecule has 0 radical (unpaired) electrons. The summed E-state index contributed by atoms with van der Waals surface area (Å²) in [7, 11) is 3.45. The molecule has 12 heavy (non-hydrogen) atoms. The van der Waals surface area contributed by atoms with Crippen LogP contribution in [0.1, 0.15) is 6.92 Å². The van der Waals surface area contributed by atoms with Gasteiger partial charge in [-0.3, -0.25) is 14.6 Å². The van der Waals surface area contributed by atoms with Crippen molar-refractivity contribution in [3.05, 3.63) is 0 Å². The van der Waals surface area contributed by atoms with E-state index < -0.39 is 0 Å². The van der Waals surface area contributed by atoms with Crippen LogP contribution in [-0.4, -0.2) is 43.7 Å². The summed E-state index contributed by atoms with van der Waals surface area (Å²) in [5.74, 6) is 0.0741. The zero-order valence-electron chi connectivity index (χ0n) is 7.50. The van der Waals surface area contributed by atoms with Crippen LogP contribution < -0.4 is 5.32 Å². The molecular weight excluding hydrogens is 158 g/mol. The Labute approximate surface area is 71.5 Å². The standard InChI is InChI=1S/C4H9NO.C3H4N2O/c1-4(6)5(2)3;6-3-1-4-2-5-3/h1-3H3;2H,1H2,(H,4,5,6). The molecule has 0 fully saturated rings. The van der Waals surface area contributed by atoms with E-state index in [4.69, 9.17) is 0 Å². The van der Waals surface area contributed by atoms with Gasteiger partial charge in [0.25, 0.3) is 0 Å². The average molecular weight is 171 g/mol. The molecule has 68 valence electrons. The summed E-state index contributed by atoms with van der Waals surface area (Å²) in [5, 5.41) is 2.39. The molecule has 0 unspecified atom stereocenters. The van der Waals surface area contributed by atoms with E-state index in [-0.39, 0.29) is 11.8 Å². The van der Waals surface area contributed by atoms with Gasteiger partial charge in [0.05, 0.1) is 6.34 Å². The lowest BCUT2D eigenvalue weighted by Gasteiger charge is -2.02. The Bertz CT molecular complexity index is 187. The van der Waals surface area contributed by atoms with E-state index in [0.29, 0.717) is 6.54 Å². The maximum absolute atomic E-state index is 10.1. The van der Waals surface area contributed by atoms with Crippen LogP contribution in [0.4, 0.5) is 0 Å². The number of hydrogen-bond donors (Lipinski definition) is 1. The van der Waals surface area contributed by atoms with Crippen LogP contribution >= 0.6 is 0 Å². The first-order valence-corrected chi connectivity index (χ1v) is 3.49. The van der Waals surface area contributed by atoms with Crippen LogP contribution in [0.5, 0.6) is 0 Å². The van der Waals surface area contributed by atoms with Gasteiger partial charge in [-0.1, -0.05) is 0 Å². The van der Waals surface area contributed by atoms with Crippen molar-refractivity contribution in [1.82, 2.24) is 10.2 Å². The SMILES string of the molecule is CC(=O)N(C)C.O=C1CN=CN1. The van der Waals surface area contributed by atoms with Crippen molar-refractivity contribution in [2.24, 2.45) is 4.99 Å². The molecule has 0 saturated heterocycles. The summed E-state index contributed by atoms with van der Waals surface area (Å²) in [5.41, 5.74) is 0. The lowest BCUT2D eigenvalue weighted by atomic mass is 10.7. The number of aliphatic imine (C=N–C) groups is 1. The fraction of sp³-hybridized carbons (Fsp3) is 0.571. The van der Waals surface area contributed by atoms with E-state index >= 15 is 0 Å². The molecule has 0 aliphatic carbocycles. The maximum atomic E-state index is 10.1. The Kier molecular flexibility index (Phi) is 4.67. The van der Waals surface area contributed by atoms with Gasteiger partial charge >= 0.3 is 0 Å². The van der Waals surface area contributed by atoms with E-state index in [9.17, 15) is 9.59 Å². The van der Waals surface area contributed by atoms with Crippen LogP contribution in [0.2, 0.25) is 0 Å². The molecule has 1 heterocycles. The second kappa shape index (κ2) is 5.29. The quantitative estimate of drug-likeness (QED) is 0.520. The van der Waals surface area contributed by atoms with Crippen molar-refractivity contribution in [2.75, 3.05) is 20.6 Å². The van der Waals surface area contributed by atoms with E-state index in [2.05, 4.69) is 10.3 Å². The van der Waals surface area contributed by atoms with E-state index in [0.717, 1.165) is 0 Å². The van der Waals surface area contributed by atoms with Gasteiger partial charge in [0.1, 0.15) is 6.54 Å². The smallest absolute Gasteiger partial charge is 0.246 e. The van der Waals surface area contributed by atoms with Crippen molar-refractivity contribution < 1.29 is 9.59 Å². The van der Waals surface area contributed by atoms with Crippen LogP contribution in [0.25, 0.3) is 0 Å². The highest BCUT2D eigenvalue weighted by atomic mass is 16.2. The third-order valence-electron chi connectivity index (χ3n) is 1.18. The molecular formula is C7H13N3O2. The Morgan fingerprint density at radius 3 is 2.25 bits per heavy atom. The van der Waals surface area contributed by atoms with Gasteiger partial charge in [-0.15, -0.1) is 0 Å². The summed E-state index contributed by atoms with van der Waals surface area (Å²) in [6, 6.07) is 0. The molecule has 5 heteroatoms. The van der Waals surface area contributed by atoms with Crippen LogP contribution in [0, 0.1) is 0 Å². The predicted molar refractivity (Wildman–Crippen MR) is 45.9 cm³/mol. The van der Waals surface area contributed by atoms with E-state index in [1.54, 1.807) is 14.1 Å². The lowest BCUT2D eigenvalue weighted by molar-refractivity contribution is -0.126. The topological polar surface area (TPSA) is 61.8 Å². The van der Waals surface area contributed by atoms with Crippen LogP contribution in [-0.2, 0) is 9.59 Å². The van der Waals surface area contributed by atoms with Gasteiger partial charge in [0.2, 0.25) is 11.8 Å². The third-order valence-corrected chi connectivity index (χ3v) is 1.18. The number of carbonyl (C=O) groups is 2. The minimum absolute atomic E-state index is 0.0185. The Hall–Kier alpha value is -1.39. The lowest BCUT2D eigenvalue weighted by Crippen LogP contribution is -2.17. The van der Waals surface area contributed by atoms with Crippen molar-refractivity contribution in [3.63, 3.8) is 0 Å². The van der Waals surface area contributed by atoms with Crippen molar-refractivity contribution in [2.45, 2.75) is 6.92 Å². The molecule has 1 N–H and O–H groups in total. The summed E-state index contributed by atoms with van der Waals surface area (Å²) in [6.07, 6.45) is 1.41. The number of carbonyl (C=O) groups excluding carboxylic acids is 2. The Morgan fingerprint density at radius 1 is 1.67 bits per heavy atom. The average Bonchev–Trinajstić information content (AvgIpc) is 2.40. The monoisotopic (exact) mass is 171 g/mol. The third kappa shape index (κ3) is 5.40. The molecule has 1 aliphatic rings. The highest BCUT2D eigenvalue weighted by Gasteiger charge is 1.98. The minimum atomic E-state index is -0.0185. The Morgan fingerprint density at radius 2 is 2.17 bits per heavy atom. The number of nitrogens with one attached hydrogen (secondary N) is 1. The molecule has 1 aliphatic heterocycles. The number of hydrogen-bond acceptors (Lipinski definition) is 3.